The molecule has 15 heavy (non-hydrogen) atoms. The molecule has 0 unspecified atom stereocenters. The van der Waals surface area contributed by atoms with Crippen LogP contribution in [0.2, 0.25) is 0 Å². The van der Waals surface area contributed by atoms with Gasteiger partial charge in [-0.3, -0.25) is 9.78 Å². The van der Waals surface area contributed by atoms with Crippen LogP contribution in [0.1, 0.15) is 25.8 Å². The third kappa shape index (κ3) is 1.88. The molecular formula is C11H13N3O. The van der Waals surface area contributed by atoms with Crippen molar-refractivity contribution in [1.29, 1.82) is 0 Å². The van der Waals surface area contributed by atoms with Gasteiger partial charge in [0.15, 0.2) is 0 Å². The molecule has 78 valence electrons. The molecule has 2 rings (SSSR count). The Morgan fingerprint density at radius 3 is 2.53 bits per heavy atom. The second-order valence-electron chi connectivity index (χ2n) is 3.79. The van der Waals surface area contributed by atoms with Gasteiger partial charge in [0.05, 0.1) is 12.1 Å². The fourth-order valence-electron chi connectivity index (χ4n) is 1.55. The molecule has 0 aliphatic carbocycles. The van der Waals surface area contributed by atoms with E-state index in [4.69, 9.17) is 0 Å². The van der Waals surface area contributed by atoms with Crippen molar-refractivity contribution in [3.8, 4) is 0 Å². The summed E-state index contributed by atoms with van der Waals surface area (Å²) in [6, 6.07) is 3.86. The first kappa shape index (κ1) is 9.83. The van der Waals surface area contributed by atoms with Gasteiger partial charge in [0.2, 0.25) is 5.91 Å². The van der Waals surface area contributed by atoms with Crippen LogP contribution in [0.25, 0.3) is 0 Å². The highest BCUT2D eigenvalue weighted by Gasteiger charge is 2.26. The van der Waals surface area contributed by atoms with E-state index in [1.807, 2.05) is 26.0 Å². The van der Waals surface area contributed by atoms with E-state index in [9.17, 15) is 4.79 Å². The largest absolute Gasteiger partial charge is 0.273 e. The van der Waals surface area contributed by atoms with Gasteiger partial charge in [-0.25, -0.2) is 5.01 Å². The van der Waals surface area contributed by atoms with E-state index in [1.54, 1.807) is 12.4 Å². The van der Waals surface area contributed by atoms with Crippen LogP contribution in [0, 0.1) is 0 Å². The predicted octanol–water partition coefficient (Wildman–Crippen LogP) is 1.43. The molecule has 4 nitrogen and oxygen atoms in total. The number of hydrogen-bond donors (Lipinski definition) is 0. The van der Waals surface area contributed by atoms with E-state index in [2.05, 4.69) is 10.1 Å². The van der Waals surface area contributed by atoms with Crippen LogP contribution in [-0.4, -0.2) is 27.7 Å². The summed E-state index contributed by atoms with van der Waals surface area (Å²) < 4.78 is 0. The van der Waals surface area contributed by atoms with Crippen LogP contribution < -0.4 is 0 Å². The number of carbonyl (C=O) groups excluding carboxylic acids is 1. The molecule has 0 spiro atoms. The summed E-state index contributed by atoms with van der Waals surface area (Å²) in [5.41, 5.74) is 1.80. The van der Waals surface area contributed by atoms with Crippen LogP contribution >= 0.6 is 0 Å². The Hall–Kier alpha value is -1.71. The lowest BCUT2D eigenvalue weighted by Gasteiger charge is -2.15. The molecular weight excluding hydrogens is 190 g/mol. The first-order chi connectivity index (χ1) is 7.18. The highest BCUT2D eigenvalue weighted by Crippen LogP contribution is 2.16. The summed E-state index contributed by atoms with van der Waals surface area (Å²) in [4.78, 5) is 15.5. The lowest BCUT2D eigenvalue weighted by atomic mass is 10.1. The molecule has 0 saturated heterocycles. The first-order valence-corrected chi connectivity index (χ1v) is 4.98. The minimum atomic E-state index is 0.0665. The van der Waals surface area contributed by atoms with E-state index < -0.39 is 0 Å². The van der Waals surface area contributed by atoms with Gasteiger partial charge in [0.25, 0.3) is 0 Å². The number of aromatic nitrogens is 1. The predicted molar refractivity (Wildman–Crippen MR) is 57.4 cm³/mol. The smallest absolute Gasteiger partial charge is 0.249 e. The Morgan fingerprint density at radius 2 is 2.00 bits per heavy atom. The van der Waals surface area contributed by atoms with Crippen LogP contribution in [0.3, 0.4) is 0 Å². The van der Waals surface area contributed by atoms with Gasteiger partial charge >= 0.3 is 0 Å². The fourth-order valence-corrected chi connectivity index (χ4v) is 1.55. The summed E-state index contributed by atoms with van der Waals surface area (Å²) in [6.07, 6.45) is 3.81. The zero-order valence-corrected chi connectivity index (χ0v) is 8.84. The number of amides is 1. The van der Waals surface area contributed by atoms with Crippen LogP contribution in [0.4, 0.5) is 0 Å². The van der Waals surface area contributed by atoms with E-state index >= 15 is 0 Å². The Balaban J connectivity index is 2.27. The lowest BCUT2D eigenvalue weighted by molar-refractivity contribution is -0.130. The molecule has 1 amide bonds. The molecule has 0 saturated carbocycles. The van der Waals surface area contributed by atoms with Crippen molar-refractivity contribution < 1.29 is 4.79 Å². The molecule has 1 aliphatic rings. The van der Waals surface area contributed by atoms with Gasteiger partial charge < -0.3 is 0 Å². The summed E-state index contributed by atoms with van der Waals surface area (Å²) in [5, 5.41) is 5.85. The van der Waals surface area contributed by atoms with Crippen LogP contribution in [0.5, 0.6) is 0 Å². The van der Waals surface area contributed by atoms with Crippen molar-refractivity contribution in [3.05, 3.63) is 30.1 Å². The van der Waals surface area contributed by atoms with Crippen molar-refractivity contribution in [2.45, 2.75) is 26.3 Å². The second-order valence-corrected chi connectivity index (χ2v) is 3.79. The maximum absolute atomic E-state index is 11.6. The third-order valence-corrected chi connectivity index (χ3v) is 2.31. The van der Waals surface area contributed by atoms with Gasteiger partial charge in [-0.15, -0.1) is 0 Å². The molecule has 0 fully saturated rings. The lowest BCUT2D eigenvalue weighted by Crippen LogP contribution is -2.27. The maximum Gasteiger partial charge on any atom is 0.249 e. The molecule has 1 aromatic heterocycles. The summed E-state index contributed by atoms with van der Waals surface area (Å²) in [7, 11) is 0. The molecule has 0 N–H and O–H groups in total. The Labute approximate surface area is 88.6 Å². The fraction of sp³-hybridized carbons (Fsp3) is 0.364. The summed E-state index contributed by atoms with van der Waals surface area (Å²) in [5.74, 6) is 0.0665. The van der Waals surface area contributed by atoms with E-state index in [1.165, 1.54) is 5.01 Å². The molecule has 2 heterocycles. The van der Waals surface area contributed by atoms with Crippen molar-refractivity contribution in [2.75, 3.05) is 0 Å². The standard InChI is InChI=1S/C11H13N3O/c1-8(2)14-11(15)7-10(13-14)9-3-5-12-6-4-9/h3-6,8H,7H2,1-2H3. The SMILES string of the molecule is CC(C)N1N=C(c2ccncc2)CC1=O. The van der Waals surface area contributed by atoms with Crippen molar-refractivity contribution in [1.82, 2.24) is 9.99 Å². The van der Waals surface area contributed by atoms with Gasteiger partial charge in [-0.05, 0) is 26.0 Å². The number of rotatable bonds is 2. The molecule has 4 heteroatoms. The molecule has 0 aromatic carbocycles. The third-order valence-electron chi connectivity index (χ3n) is 2.31. The Bertz CT molecular complexity index is 398. The number of pyridine rings is 1. The number of nitrogens with zero attached hydrogens (tertiary/aromatic N) is 3. The topological polar surface area (TPSA) is 45.6 Å². The van der Waals surface area contributed by atoms with Gasteiger partial charge in [0, 0.05) is 24.0 Å². The van der Waals surface area contributed by atoms with E-state index in [-0.39, 0.29) is 11.9 Å². The number of carbonyl (C=O) groups is 1. The minimum absolute atomic E-state index is 0.0665. The number of hydrazone groups is 1. The molecule has 0 bridgehead atoms. The first-order valence-electron chi connectivity index (χ1n) is 4.98. The molecule has 0 atom stereocenters. The van der Waals surface area contributed by atoms with E-state index in [0.29, 0.717) is 6.42 Å². The van der Waals surface area contributed by atoms with Gasteiger partial charge in [-0.1, -0.05) is 0 Å². The Kier molecular flexibility index (Phi) is 2.49. The monoisotopic (exact) mass is 203 g/mol. The Morgan fingerprint density at radius 1 is 1.33 bits per heavy atom. The average molecular weight is 203 g/mol. The highest BCUT2D eigenvalue weighted by molar-refractivity contribution is 6.13. The van der Waals surface area contributed by atoms with E-state index in [0.717, 1.165) is 11.3 Å². The molecule has 1 aliphatic heterocycles. The van der Waals surface area contributed by atoms with Gasteiger partial charge in [-0.2, -0.15) is 5.10 Å². The quantitative estimate of drug-likeness (QED) is 0.729. The normalized spacial score (nSPS) is 16.1. The highest BCUT2D eigenvalue weighted by atomic mass is 16.2. The van der Waals surface area contributed by atoms with Crippen LogP contribution in [0.15, 0.2) is 29.6 Å². The van der Waals surface area contributed by atoms with Crippen molar-refractivity contribution in [2.24, 2.45) is 5.10 Å². The summed E-state index contributed by atoms with van der Waals surface area (Å²) in [6.45, 7) is 3.91. The van der Waals surface area contributed by atoms with Crippen LogP contribution in [-0.2, 0) is 4.79 Å². The van der Waals surface area contributed by atoms with Crippen molar-refractivity contribution in [3.63, 3.8) is 0 Å². The van der Waals surface area contributed by atoms with Crippen molar-refractivity contribution >= 4 is 11.6 Å². The molecule has 1 aromatic rings. The maximum atomic E-state index is 11.6. The second kappa shape index (κ2) is 3.81. The average Bonchev–Trinajstić information content (AvgIpc) is 2.62. The van der Waals surface area contributed by atoms with Gasteiger partial charge in [0.1, 0.15) is 0 Å². The molecule has 0 radical (unpaired) electrons. The summed E-state index contributed by atoms with van der Waals surface area (Å²) >= 11 is 0. The zero-order chi connectivity index (χ0) is 10.8. The zero-order valence-electron chi connectivity index (χ0n) is 8.84. The number of hydrogen-bond acceptors (Lipinski definition) is 3. The minimum Gasteiger partial charge on any atom is -0.273 e.